The van der Waals surface area contributed by atoms with Crippen molar-refractivity contribution in [3.05, 3.63) is 0 Å². The van der Waals surface area contributed by atoms with Crippen LogP contribution in [0, 0.1) is 0 Å². The van der Waals surface area contributed by atoms with E-state index in [1.165, 1.54) is 0 Å². The van der Waals surface area contributed by atoms with Gasteiger partial charge in [0.05, 0.1) is 6.54 Å². The van der Waals surface area contributed by atoms with Crippen LogP contribution in [0.4, 0.5) is 4.79 Å². The van der Waals surface area contributed by atoms with Crippen LogP contribution in [0.25, 0.3) is 0 Å². The van der Waals surface area contributed by atoms with Crippen LogP contribution in [0.15, 0.2) is 0 Å². The molecular weight excluding hydrogens is 184 g/mol. The molecule has 82 valence electrons. The number of cyclic esters (lactones) is 1. The van der Waals surface area contributed by atoms with E-state index in [4.69, 9.17) is 15.2 Å². The number of hydrogen-bond donors (Lipinski definition) is 1. The molecule has 14 heavy (non-hydrogen) atoms. The Morgan fingerprint density at radius 3 is 3.14 bits per heavy atom. The Morgan fingerprint density at radius 1 is 1.71 bits per heavy atom. The summed E-state index contributed by atoms with van der Waals surface area (Å²) >= 11 is 0. The van der Waals surface area contributed by atoms with Crippen LogP contribution in [0.5, 0.6) is 0 Å². The molecule has 0 aromatic rings. The predicted octanol–water partition coefficient (Wildman–Crippen LogP) is 0.193. The Hall–Kier alpha value is -0.810. The molecule has 0 radical (unpaired) electrons. The van der Waals surface area contributed by atoms with E-state index < -0.39 is 0 Å². The summed E-state index contributed by atoms with van der Waals surface area (Å²) in [5.41, 5.74) is 5.39. The van der Waals surface area contributed by atoms with Gasteiger partial charge < -0.3 is 20.1 Å². The van der Waals surface area contributed by atoms with E-state index in [0.29, 0.717) is 26.2 Å². The van der Waals surface area contributed by atoms with Gasteiger partial charge in [-0.3, -0.25) is 0 Å². The van der Waals surface area contributed by atoms with E-state index in [2.05, 4.69) is 0 Å². The summed E-state index contributed by atoms with van der Waals surface area (Å²) < 4.78 is 10.0. The van der Waals surface area contributed by atoms with Crippen LogP contribution in [0.3, 0.4) is 0 Å². The number of carbonyl (C=O) groups is 1. The second-order valence-corrected chi connectivity index (χ2v) is 3.38. The third kappa shape index (κ3) is 3.16. The first-order valence-corrected chi connectivity index (χ1v) is 4.92. The Labute approximate surface area is 84.1 Å². The highest BCUT2D eigenvalue weighted by atomic mass is 16.6. The summed E-state index contributed by atoms with van der Waals surface area (Å²) in [6.45, 7) is 2.60. The minimum atomic E-state index is -0.223. The molecule has 0 saturated carbocycles. The number of methoxy groups -OCH3 is 1. The fraction of sp³-hybridized carbons (Fsp3) is 0.889. The second-order valence-electron chi connectivity index (χ2n) is 3.38. The normalized spacial score (nSPS) is 21.4. The van der Waals surface area contributed by atoms with E-state index in [9.17, 15) is 4.79 Å². The van der Waals surface area contributed by atoms with Crippen molar-refractivity contribution in [3.8, 4) is 0 Å². The minimum Gasteiger partial charge on any atom is -0.444 e. The first kappa shape index (κ1) is 11.3. The number of nitrogens with two attached hydrogens (primary N) is 1. The molecule has 1 aliphatic heterocycles. The molecule has 0 aromatic carbocycles. The van der Waals surface area contributed by atoms with E-state index in [0.717, 1.165) is 12.8 Å². The lowest BCUT2D eigenvalue weighted by Crippen LogP contribution is -2.27. The summed E-state index contributed by atoms with van der Waals surface area (Å²) in [7, 11) is 1.65. The molecule has 5 heteroatoms. The van der Waals surface area contributed by atoms with Crippen LogP contribution >= 0.6 is 0 Å². The molecule has 0 bridgehead atoms. The topological polar surface area (TPSA) is 64.8 Å². The van der Waals surface area contributed by atoms with Crippen molar-refractivity contribution in [3.63, 3.8) is 0 Å². The minimum absolute atomic E-state index is 0.0185. The number of nitrogens with zero attached hydrogens (tertiary/aromatic N) is 1. The van der Waals surface area contributed by atoms with Gasteiger partial charge in [-0.05, 0) is 19.4 Å². The molecule has 1 rings (SSSR count). The van der Waals surface area contributed by atoms with Crippen molar-refractivity contribution in [2.24, 2.45) is 5.73 Å². The standard InChI is InChI=1S/C9H18N2O3/c1-13-6-2-5-11-7-8(3-4-10)14-9(11)12/h8H,2-7,10H2,1H3. The predicted molar refractivity (Wildman–Crippen MR) is 52.0 cm³/mol. The van der Waals surface area contributed by atoms with Crippen LogP contribution < -0.4 is 5.73 Å². The van der Waals surface area contributed by atoms with Crippen LogP contribution in [0.2, 0.25) is 0 Å². The van der Waals surface area contributed by atoms with Gasteiger partial charge >= 0.3 is 6.09 Å². The van der Waals surface area contributed by atoms with Crippen molar-refractivity contribution in [1.29, 1.82) is 0 Å². The molecule has 5 nitrogen and oxygen atoms in total. The van der Waals surface area contributed by atoms with Gasteiger partial charge in [0.15, 0.2) is 0 Å². The van der Waals surface area contributed by atoms with Crippen LogP contribution in [-0.4, -0.2) is 50.4 Å². The van der Waals surface area contributed by atoms with Crippen molar-refractivity contribution in [2.45, 2.75) is 18.9 Å². The molecule has 1 fully saturated rings. The molecule has 0 aromatic heterocycles. The van der Waals surface area contributed by atoms with Gasteiger partial charge in [-0.2, -0.15) is 0 Å². The zero-order valence-corrected chi connectivity index (χ0v) is 8.57. The lowest BCUT2D eigenvalue weighted by molar-refractivity contribution is 0.128. The molecule has 1 amide bonds. The third-order valence-corrected chi connectivity index (χ3v) is 2.21. The van der Waals surface area contributed by atoms with Gasteiger partial charge in [-0.15, -0.1) is 0 Å². The van der Waals surface area contributed by atoms with Crippen molar-refractivity contribution >= 4 is 6.09 Å². The molecule has 0 aliphatic carbocycles. The molecule has 2 N–H and O–H groups in total. The first-order valence-electron chi connectivity index (χ1n) is 4.92. The Balaban J connectivity index is 2.22. The van der Waals surface area contributed by atoms with Crippen molar-refractivity contribution in [1.82, 2.24) is 4.90 Å². The third-order valence-electron chi connectivity index (χ3n) is 2.21. The van der Waals surface area contributed by atoms with Crippen LogP contribution in [-0.2, 0) is 9.47 Å². The highest BCUT2D eigenvalue weighted by molar-refractivity contribution is 5.69. The molecule has 1 heterocycles. The van der Waals surface area contributed by atoms with Gasteiger partial charge in [-0.1, -0.05) is 0 Å². The maximum atomic E-state index is 11.3. The summed E-state index contributed by atoms with van der Waals surface area (Å²) in [6.07, 6.45) is 1.35. The lowest BCUT2D eigenvalue weighted by Gasteiger charge is -2.11. The molecular formula is C9H18N2O3. The average molecular weight is 202 g/mol. The van der Waals surface area contributed by atoms with E-state index in [1.807, 2.05) is 0 Å². The molecule has 1 unspecified atom stereocenters. The monoisotopic (exact) mass is 202 g/mol. The molecule has 1 saturated heterocycles. The summed E-state index contributed by atoms with van der Waals surface area (Å²) in [5, 5.41) is 0. The zero-order chi connectivity index (χ0) is 10.4. The SMILES string of the molecule is COCCCN1CC(CCN)OC1=O. The molecule has 1 aliphatic rings. The summed E-state index contributed by atoms with van der Waals surface area (Å²) in [4.78, 5) is 13.0. The Kier molecular flexibility index (Phi) is 4.69. The largest absolute Gasteiger partial charge is 0.444 e. The average Bonchev–Trinajstić information content (AvgIpc) is 2.48. The van der Waals surface area contributed by atoms with Gasteiger partial charge in [0.2, 0.25) is 0 Å². The number of hydrogen-bond acceptors (Lipinski definition) is 4. The fourth-order valence-electron chi connectivity index (χ4n) is 1.49. The lowest BCUT2D eigenvalue weighted by atomic mass is 10.2. The zero-order valence-electron chi connectivity index (χ0n) is 8.57. The quantitative estimate of drug-likeness (QED) is 0.624. The Morgan fingerprint density at radius 2 is 2.50 bits per heavy atom. The van der Waals surface area contributed by atoms with Gasteiger partial charge in [-0.25, -0.2) is 4.79 Å². The highest BCUT2D eigenvalue weighted by Gasteiger charge is 2.29. The van der Waals surface area contributed by atoms with E-state index >= 15 is 0 Å². The smallest absolute Gasteiger partial charge is 0.410 e. The maximum Gasteiger partial charge on any atom is 0.410 e. The summed E-state index contributed by atoms with van der Waals surface area (Å²) in [5.74, 6) is 0. The number of amides is 1. The first-order chi connectivity index (χ1) is 6.77. The van der Waals surface area contributed by atoms with E-state index in [-0.39, 0.29) is 12.2 Å². The van der Waals surface area contributed by atoms with Gasteiger partial charge in [0, 0.05) is 20.3 Å². The van der Waals surface area contributed by atoms with Gasteiger partial charge in [0.25, 0.3) is 0 Å². The van der Waals surface area contributed by atoms with Crippen molar-refractivity contribution in [2.75, 3.05) is 33.4 Å². The Bertz CT molecular complexity index is 187. The molecule has 0 spiro atoms. The molecule has 1 atom stereocenters. The van der Waals surface area contributed by atoms with Gasteiger partial charge in [0.1, 0.15) is 6.10 Å². The number of rotatable bonds is 6. The van der Waals surface area contributed by atoms with Crippen LogP contribution in [0.1, 0.15) is 12.8 Å². The summed E-state index contributed by atoms with van der Waals surface area (Å²) in [6, 6.07) is 0. The second kappa shape index (κ2) is 5.82. The fourth-order valence-corrected chi connectivity index (χ4v) is 1.49. The highest BCUT2D eigenvalue weighted by Crippen LogP contribution is 2.13. The van der Waals surface area contributed by atoms with Crippen molar-refractivity contribution < 1.29 is 14.3 Å². The number of carbonyl (C=O) groups excluding carboxylic acids is 1. The maximum absolute atomic E-state index is 11.3. The van der Waals surface area contributed by atoms with E-state index in [1.54, 1.807) is 12.0 Å². The number of ether oxygens (including phenoxy) is 2.